The zero-order valence-corrected chi connectivity index (χ0v) is 10.5. The molecule has 0 amide bonds. The van der Waals surface area contributed by atoms with Crippen molar-refractivity contribution in [2.45, 2.75) is 6.92 Å². The number of thiophene rings is 1. The van der Waals surface area contributed by atoms with Gasteiger partial charge in [0.2, 0.25) is 5.28 Å². The molecule has 0 aliphatic heterocycles. The van der Waals surface area contributed by atoms with Gasteiger partial charge in [-0.3, -0.25) is 0 Å². The Morgan fingerprint density at radius 3 is 2.94 bits per heavy atom. The molecule has 0 spiro atoms. The fourth-order valence-electron chi connectivity index (χ4n) is 1.17. The fourth-order valence-corrected chi connectivity index (χ4v) is 2.63. The van der Waals surface area contributed by atoms with Crippen LogP contribution < -0.4 is 0 Å². The molecule has 2 heterocycles. The summed E-state index contributed by atoms with van der Waals surface area (Å²) in [7, 11) is 0. The van der Waals surface area contributed by atoms with Gasteiger partial charge < -0.3 is 4.74 Å². The van der Waals surface area contributed by atoms with E-state index in [1.54, 1.807) is 13.0 Å². The first-order valence-corrected chi connectivity index (χ1v) is 5.98. The molecular weight excluding hydrogens is 271 g/mol. The highest BCUT2D eigenvalue weighted by Crippen LogP contribution is 2.30. The predicted molar refractivity (Wildman–Crippen MR) is 63.4 cm³/mol. The number of esters is 1. The summed E-state index contributed by atoms with van der Waals surface area (Å²) < 4.78 is 4.87. The van der Waals surface area contributed by atoms with E-state index in [9.17, 15) is 4.79 Å². The highest BCUT2D eigenvalue weighted by molar-refractivity contribution is 7.20. The van der Waals surface area contributed by atoms with Gasteiger partial charge in [-0.25, -0.2) is 14.8 Å². The van der Waals surface area contributed by atoms with Gasteiger partial charge in [0.15, 0.2) is 0 Å². The quantitative estimate of drug-likeness (QED) is 0.480. The Labute approximate surface area is 105 Å². The van der Waals surface area contributed by atoms with Crippen LogP contribution in [0.2, 0.25) is 10.4 Å². The third kappa shape index (κ3) is 2.11. The summed E-state index contributed by atoms with van der Waals surface area (Å²) in [6.07, 6.45) is 0. The lowest BCUT2D eigenvalue weighted by Gasteiger charge is -1.95. The third-order valence-corrected chi connectivity index (χ3v) is 3.26. The molecule has 2 aromatic rings. The Kier molecular flexibility index (Phi) is 3.28. The van der Waals surface area contributed by atoms with E-state index in [-0.39, 0.29) is 10.4 Å². The summed E-state index contributed by atoms with van der Waals surface area (Å²) >= 11 is 12.7. The second kappa shape index (κ2) is 4.53. The van der Waals surface area contributed by atoms with E-state index in [2.05, 4.69) is 9.97 Å². The average Bonchev–Trinajstić information content (AvgIpc) is 2.62. The first-order valence-electron chi connectivity index (χ1n) is 4.41. The van der Waals surface area contributed by atoms with Crippen molar-refractivity contribution in [1.82, 2.24) is 9.97 Å². The summed E-state index contributed by atoms with van der Waals surface area (Å²) in [5.41, 5.74) is 0. The molecule has 0 bridgehead atoms. The Morgan fingerprint density at radius 2 is 2.25 bits per heavy atom. The number of halogens is 2. The number of rotatable bonds is 2. The van der Waals surface area contributed by atoms with Gasteiger partial charge in [0.25, 0.3) is 0 Å². The molecule has 0 radical (unpaired) electrons. The van der Waals surface area contributed by atoms with E-state index in [0.717, 1.165) is 0 Å². The molecule has 2 aromatic heterocycles. The van der Waals surface area contributed by atoms with Gasteiger partial charge in [-0.05, 0) is 24.6 Å². The van der Waals surface area contributed by atoms with E-state index < -0.39 is 5.97 Å². The Bertz CT molecular complexity index is 556. The van der Waals surface area contributed by atoms with Crippen LogP contribution in [0.3, 0.4) is 0 Å². The van der Waals surface area contributed by atoms with Crippen molar-refractivity contribution < 1.29 is 9.53 Å². The smallest absolute Gasteiger partial charge is 0.348 e. The molecule has 84 valence electrons. The molecule has 0 aromatic carbocycles. The Morgan fingerprint density at radius 1 is 1.50 bits per heavy atom. The molecule has 0 saturated heterocycles. The number of hydrogen-bond acceptors (Lipinski definition) is 5. The molecule has 2 rings (SSSR count). The molecule has 0 atom stereocenters. The first kappa shape index (κ1) is 11.6. The zero-order chi connectivity index (χ0) is 11.7. The highest BCUT2D eigenvalue weighted by atomic mass is 35.5. The van der Waals surface area contributed by atoms with Crippen molar-refractivity contribution in [3.8, 4) is 0 Å². The van der Waals surface area contributed by atoms with Gasteiger partial charge in [-0.15, -0.1) is 11.3 Å². The average molecular weight is 277 g/mol. The number of nitrogens with zero attached hydrogens (tertiary/aromatic N) is 2. The maximum Gasteiger partial charge on any atom is 0.348 e. The lowest BCUT2D eigenvalue weighted by molar-refractivity contribution is 0.0532. The number of ether oxygens (including phenoxy) is 1. The van der Waals surface area contributed by atoms with Crippen molar-refractivity contribution in [3.63, 3.8) is 0 Å². The topological polar surface area (TPSA) is 52.1 Å². The van der Waals surface area contributed by atoms with Crippen molar-refractivity contribution in [3.05, 3.63) is 21.4 Å². The van der Waals surface area contributed by atoms with Crippen molar-refractivity contribution in [1.29, 1.82) is 0 Å². The van der Waals surface area contributed by atoms with Crippen molar-refractivity contribution in [2.75, 3.05) is 6.61 Å². The van der Waals surface area contributed by atoms with Crippen LogP contribution in [-0.2, 0) is 4.74 Å². The van der Waals surface area contributed by atoms with Crippen LogP contribution in [0.1, 0.15) is 16.6 Å². The number of aromatic nitrogens is 2. The Balaban J connectivity index is 2.51. The SMILES string of the molecule is CCOC(=O)c1cc2c(Cl)nc(Cl)nc2s1. The normalized spacial score (nSPS) is 10.7. The first-order chi connectivity index (χ1) is 7.61. The third-order valence-electron chi connectivity index (χ3n) is 1.80. The molecule has 4 nitrogen and oxygen atoms in total. The molecule has 0 unspecified atom stereocenters. The summed E-state index contributed by atoms with van der Waals surface area (Å²) in [6.45, 7) is 2.07. The summed E-state index contributed by atoms with van der Waals surface area (Å²) in [4.78, 5) is 20.3. The number of hydrogen-bond donors (Lipinski definition) is 0. The second-order valence-corrected chi connectivity index (χ2v) is 4.56. The molecule has 0 N–H and O–H groups in total. The predicted octanol–water partition coefficient (Wildman–Crippen LogP) is 3.17. The van der Waals surface area contributed by atoms with Crippen LogP contribution >= 0.6 is 34.5 Å². The minimum absolute atomic E-state index is 0.0646. The summed E-state index contributed by atoms with van der Waals surface area (Å²) in [5.74, 6) is -0.391. The molecule has 7 heteroatoms. The maximum atomic E-state index is 11.5. The van der Waals surface area contributed by atoms with Crippen molar-refractivity contribution >= 4 is 50.7 Å². The van der Waals surface area contributed by atoms with Gasteiger partial charge in [0.1, 0.15) is 14.9 Å². The van der Waals surface area contributed by atoms with Gasteiger partial charge in [0, 0.05) is 5.39 Å². The number of fused-ring (bicyclic) bond motifs is 1. The monoisotopic (exact) mass is 276 g/mol. The molecular formula is C9H6Cl2N2O2S. The minimum Gasteiger partial charge on any atom is -0.462 e. The van der Waals surface area contributed by atoms with Crippen LogP contribution in [0.15, 0.2) is 6.07 Å². The van der Waals surface area contributed by atoms with Crippen LogP contribution in [0, 0.1) is 0 Å². The molecule has 16 heavy (non-hydrogen) atoms. The van der Waals surface area contributed by atoms with Crippen LogP contribution in [0.5, 0.6) is 0 Å². The van der Waals surface area contributed by atoms with E-state index in [1.807, 2.05) is 0 Å². The fraction of sp³-hybridized carbons (Fsp3) is 0.222. The minimum atomic E-state index is -0.391. The van der Waals surface area contributed by atoms with E-state index in [4.69, 9.17) is 27.9 Å². The van der Waals surface area contributed by atoms with E-state index in [1.165, 1.54) is 11.3 Å². The maximum absolute atomic E-state index is 11.5. The standard InChI is InChI=1S/C9H6Cl2N2O2S/c1-2-15-8(14)5-3-4-6(10)12-9(11)13-7(4)16-5/h3H,2H2,1H3. The molecule has 0 fully saturated rings. The second-order valence-electron chi connectivity index (χ2n) is 2.83. The molecule has 0 saturated carbocycles. The molecule has 0 aliphatic rings. The van der Waals surface area contributed by atoms with Crippen molar-refractivity contribution in [2.24, 2.45) is 0 Å². The lowest BCUT2D eigenvalue weighted by atomic mass is 10.4. The zero-order valence-electron chi connectivity index (χ0n) is 8.16. The van der Waals surface area contributed by atoms with Gasteiger partial charge in [-0.2, -0.15) is 0 Å². The van der Waals surface area contributed by atoms with Gasteiger partial charge >= 0.3 is 5.97 Å². The number of carbonyl (C=O) groups is 1. The van der Waals surface area contributed by atoms with Crippen LogP contribution in [0.25, 0.3) is 10.2 Å². The Hall–Kier alpha value is -0.910. The largest absolute Gasteiger partial charge is 0.462 e. The summed E-state index contributed by atoms with van der Waals surface area (Å²) in [6, 6.07) is 1.61. The lowest BCUT2D eigenvalue weighted by Crippen LogP contribution is -2.01. The van der Waals surface area contributed by atoms with Gasteiger partial charge in [0.05, 0.1) is 6.61 Å². The summed E-state index contributed by atoms with van der Waals surface area (Å²) in [5, 5.41) is 0.913. The molecule has 0 aliphatic carbocycles. The van der Waals surface area contributed by atoms with Crippen LogP contribution in [-0.4, -0.2) is 22.5 Å². The van der Waals surface area contributed by atoms with Crippen LogP contribution in [0.4, 0.5) is 0 Å². The van der Waals surface area contributed by atoms with E-state index in [0.29, 0.717) is 21.7 Å². The number of carbonyl (C=O) groups excluding carboxylic acids is 1. The highest BCUT2D eigenvalue weighted by Gasteiger charge is 2.15. The van der Waals surface area contributed by atoms with Gasteiger partial charge in [-0.1, -0.05) is 11.6 Å². The van der Waals surface area contributed by atoms with E-state index >= 15 is 0 Å².